The van der Waals surface area contributed by atoms with Crippen LogP contribution in [0, 0.1) is 12.7 Å². The summed E-state index contributed by atoms with van der Waals surface area (Å²) in [6, 6.07) is 14.9. The van der Waals surface area contributed by atoms with Crippen molar-refractivity contribution >= 4 is 17.5 Å². The molecule has 27 heavy (non-hydrogen) atoms. The van der Waals surface area contributed by atoms with E-state index in [-0.39, 0.29) is 17.4 Å². The highest BCUT2D eigenvalue weighted by Gasteiger charge is 2.13. The number of rotatable bonds is 6. The molecule has 0 saturated heterocycles. The number of methoxy groups -OCH3 is 1. The third kappa shape index (κ3) is 4.78. The Bertz CT molecular complexity index is 945. The fourth-order valence-corrected chi connectivity index (χ4v) is 2.48. The van der Waals surface area contributed by atoms with Crippen molar-refractivity contribution < 1.29 is 13.9 Å². The maximum atomic E-state index is 13.0. The van der Waals surface area contributed by atoms with Crippen LogP contribution < -0.4 is 15.4 Å². The SMILES string of the molecule is COc1ccccc1NC(=O)c1cc(C)nc(NCc2ccc(F)cc2)n1. The summed E-state index contributed by atoms with van der Waals surface area (Å²) in [6.45, 7) is 2.20. The van der Waals surface area contributed by atoms with E-state index in [2.05, 4.69) is 20.6 Å². The largest absolute Gasteiger partial charge is 0.495 e. The number of halogens is 1. The van der Waals surface area contributed by atoms with Gasteiger partial charge in [-0.1, -0.05) is 24.3 Å². The Labute approximate surface area is 156 Å². The van der Waals surface area contributed by atoms with E-state index < -0.39 is 0 Å². The Morgan fingerprint density at radius 3 is 2.59 bits per heavy atom. The Morgan fingerprint density at radius 2 is 1.85 bits per heavy atom. The van der Waals surface area contributed by atoms with Crippen LogP contribution in [0.3, 0.4) is 0 Å². The van der Waals surface area contributed by atoms with E-state index in [1.807, 2.05) is 6.07 Å². The molecule has 0 aliphatic carbocycles. The summed E-state index contributed by atoms with van der Waals surface area (Å²) in [7, 11) is 1.54. The molecule has 6 nitrogen and oxygen atoms in total. The number of hydrogen-bond donors (Lipinski definition) is 2. The number of carbonyl (C=O) groups is 1. The molecule has 7 heteroatoms. The van der Waals surface area contributed by atoms with Crippen molar-refractivity contribution in [3.63, 3.8) is 0 Å². The van der Waals surface area contributed by atoms with Crippen LogP contribution in [0.5, 0.6) is 5.75 Å². The standard InChI is InChI=1S/C20H19FN4O2/c1-13-11-17(19(26)24-16-5-3-4-6-18(16)27-2)25-20(23-13)22-12-14-7-9-15(21)10-8-14/h3-11H,12H2,1-2H3,(H,24,26)(H,22,23,25). The molecule has 3 aromatic rings. The number of nitrogens with one attached hydrogen (secondary N) is 2. The van der Waals surface area contributed by atoms with Crippen LogP contribution in [0.15, 0.2) is 54.6 Å². The lowest BCUT2D eigenvalue weighted by Gasteiger charge is -2.11. The normalized spacial score (nSPS) is 10.3. The number of benzene rings is 2. The molecule has 0 bridgehead atoms. The van der Waals surface area contributed by atoms with Crippen molar-refractivity contribution in [3.05, 3.63) is 77.4 Å². The fraction of sp³-hybridized carbons (Fsp3) is 0.150. The van der Waals surface area contributed by atoms with Gasteiger partial charge in [0.15, 0.2) is 0 Å². The second-order valence-electron chi connectivity index (χ2n) is 5.85. The molecule has 0 aliphatic heterocycles. The number of hydrogen-bond acceptors (Lipinski definition) is 5. The van der Waals surface area contributed by atoms with Crippen molar-refractivity contribution in [1.82, 2.24) is 9.97 Å². The highest BCUT2D eigenvalue weighted by Crippen LogP contribution is 2.23. The van der Waals surface area contributed by atoms with Gasteiger partial charge < -0.3 is 15.4 Å². The molecule has 1 heterocycles. The van der Waals surface area contributed by atoms with Gasteiger partial charge in [0.25, 0.3) is 5.91 Å². The smallest absolute Gasteiger partial charge is 0.274 e. The summed E-state index contributed by atoms with van der Waals surface area (Å²) < 4.78 is 18.2. The van der Waals surface area contributed by atoms with Gasteiger partial charge in [-0.2, -0.15) is 0 Å². The van der Waals surface area contributed by atoms with Crippen LogP contribution in [0.2, 0.25) is 0 Å². The van der Waals surface area contributed by atoms with E-state index in [1.165, 1.54) is 19.2 Å². The summed E-state index contributed by atoms with van der Waals surface area (Å²) in [5, 5.41) is 5.84. The van der Waals surface area contributed by atoms with Crippen molar-refractivity contribution in [2.45, 2.75) is 13.5 Å². The molecule has 0 atom stereocenters. The van der Waals surface area contributed by atoms with Crippen LogP contribution in [0.25, 0.3) is 0 Å². The molecule has 0 saturated carbocycles. The molecule has 0 spiro atoms. The fourth-order valence-electron chi connectivity index (χ4n) is 2.48. The van der Waals surface area contributed by atoms with Gasteiger partial charge in [-0.15, -0.1) is 0 Å². The van der Waals surface area contributed by atoms with Crippen LogP contribution in [-0.2, 0) is 6.54 Å². The highest BCUT2D eigenvalue weighted by molar-refractivity contribution is 6.03. The van der Waals surface area contributed by atoms with E-state index in [9.17, 15) is 9.18 Å². The lowest BCUT2D eigenvalue weighted by Crippen LogP contribution is -2.16. The zero-order valence-electron chi connectivity index (χ0n) is 15.0. The van der Waals surface area contributed by atoms with Gasteiger partial charge in [0.05, 0.1) is 12.8 Å². The lowest BCUT2D eigenvalue weighted by molar-refractivity contribution is 0.102. The van der Waals surface area contributed by atoms with Gasteiger partial charge in [0.2, 0.25) is 5.95 Å². The van der Waals surface area contributed by atoms with Crippen LogP contribution >= 0.6 is 0 Å². The molecule has 1 amide bonds. The number of nitrogens with zero attached hydrogens (tertiary/aromatic N) is 2. The minimum absolute atomic E-state index is 0.231. The molecule has 138 valence electrons. The lowest BCUT2D eigenvalue weighted by atomic mass is 10.2. The number of para-hydroxylation sites is 2. The Hall–Kier alpha value is -3.48. The summed E-state index contributed by atoms with van der Waals surface area (Å²) in [5.74, 6) is 0.228. The quantitative estimate of drug-likeness (QED) is 0.694. The average Bonchev–Trinajstić information content (AvgIpc) is 2.67. The van der Waals surface area contributed by atoms with Crippen molar-refractivity contribution in [3.8, 4) is 5.75 Å². The minimum atomic E-state index is -0.366. The summed E-state index contributed by atoms with van der Waals surface area (Å²) in [4.78, 5) is 21.1. The van der Waals surface area contributed by atoms with Crippen molar-refractivity contribution in [2.75, 3.05) is 17.7 Å². The van der Waals surface area contributed by atoms with E-state index >= 15 is 0 Å². The number of carbonyl (C=O) groups excluding carboxylic acids is 1. The van der Waals surface area contributed by atoms with Crippen molar-refractivity contribution in [2.24, 2.45) is 0 Å². The third-order valence-corrected chi connectivity index (χ3v) is 3.81. The molecule has 0 fully saturated rings. The van der Waals surface area contributed by atoms with Crippen LogP contribution in [0.1, 0.15) is 21.7 Å². The van der Waals surface area contributed by atoms with E-state index in [1.54, 1.807) is 43.3 Å². The first-order chi connectivity index (χ1) is 13.0. The Morgan fingerprint density at radius 1 is 1.11 bits per heavy atom. The Kier molecular flexibility index (Phi) is 5.61. The van der Waals surface area contributed by atoms with Crippen LogP contribution in [-0.4, -0.2) is 23.0 Å². The second kappa shape index (κ2) is 8.27. The van der Waals surface area contributed by atoms with Gasteiger partial charge in [0, 0.05) is 12.2 Å². The first kappa shape index (κ1) is 18.3. The molecule has 2 aromatic carbocycles. The van der Waals surface area contributed by atoms with E-state index in [4.69, 9.17) is 4.74 Å². The molecular weight excluding hydrogens is 347 g/mol. The topological polar surface area (TPSA) is 76.1 Å². The van der Waals surface area contributed by atoms with Gasteiger partial charge >= 0.3 is 0 Å². The maximum absolute atomic E-state index is 13.0. The summed E-state index contributed by atoms with van der Waals surface area (Å²) >= 11 is 0. The van der Waals surface area contributed by atoms with E-state index in [0.29, 0.717) is 29.6 Å². The van der Waals surface area contributed by atoms with Gasteiger partial charge in [0.1, 0.15) is 17.3 Å². The van der Waals surface area contributed by atoms with E-state index in [0.717, 1.165) is 5.56 Å². The number of aromatic nitrogens is 2. The first-order valence-electron chi connectivity index (χ1n) is 8.33. The van der Waals surface area contributed by atoms with Gasteiger partial charge in [-0.05, 0) is 42.8 Å². The van der Waals surface area contributed by atoms with Crippen LogP contribution in [0.4, 0.5) is 16.0 Å². The molecular formula is C20H19FN4O2. The zero-order chi connectivity index (χ0) is 19.2. The number of aryl methyl sites for hydroxylation is 1. The predicted molar refractivity (Wildman–Crippen MR) is 101 cm³/mol. The Balaban J connectivity index is 1.74. The average molecular weight is 366 g/mol. The third-order valence-electron chi connectivity index (χ3n) is 3.81. The van der Waals surface area contributed by atoms with Gasteiger partial charge in [-0.25, -0.2) is 14.4 Å². The molecule has 0 aliphatic rings. The minimum Gasteiger partial charge on any atom is -0.495 e. The number of amides is 1. The zero-order valence-corrected chi connectivity index (χ0v) is 15.0. The maximum Gasteiger partial charge on any atom is 0.274 e. The van der Waals surface area contributed by atoms with Gasteiger partial charge in [-0.3, -0.25) is 4.79 Å². The molecule has 3 rings (SSSR count). The number of anilines is 2. The van der Waals surface area contributed by atoms with Crippen molar-refractivity contribution in [1.29, 1.82) is 0 Å². The highest BCUT2D eigenvalue weighted by atomic mass is 19.1. The molecule has 0 unspecified atom stereocenters. The molecule has 1 aromatic heterocycles. The molecule has 0 radical (unpaired) electrons. The first-order valence-corrected chi connectivity index (χ1v) is 8.33. The summed E-state index contributed by atoms with van der Waals surface area (Å²) in [5.41, 5.74) is 2.32. The summed E-state index contributed by atoms with van der Waals surface area (Å²) in [6.07, 6.45) is 0. The molecule has 2 N–H and O–H groups in total. The number of ether oxygens (including phenoxy) is 1. The predicted octanol–water partition coefficient (Wildman–Crippen LogP) is 3.80. The monoisotopic (exact) mass is 366 g/mol. The second-order valence-corrected chi connectivity index (χ2v) is 5.85.